The molecule has 0 bridgehead atoms. The van der Waals surface area contributed by atoms with Crippen LogP contribution in [0.1, 0.15) is 13.8 Å². The maximum Gasteiger partial charge on any atom is 0.291 e. The summed E-state index contributed by atoms with van der Waals surface area (Å²) in [6.07, 6.45) is -1.03. The van der Waals surface area contributed by atoms with Crippen LogP contribution in [0.4, 0.5) is 0 Å². The van der Waals surface area contributed by atoms with Crippen molar-refractivity contribution in [2.75, 3.05) is 6.54 Å². The standard InChI is InChI=1S/C13H19NO2.HNO3/c1-4(15)14(5(2)16)3-13-10-7-6-8(10)12(13)9(6)11(7)13;2-1(3)4/h4-12,15-16H,3H2,1-2H3;(H,2,3,4). The van der Waals surface area contributed by atoms with E-state index in [1.165, 1.54) is 0 Å². The fraction of sp³-hybridized carbons (Fsp3) is 1.00. The van der Waals surface area contributed by atoms with E-state index < -0.39 is 17.5 Å². The third-order valence-corrected chi connectivity index (χ3v) is 7.10. The van der Waals surface area contributed by atoms with Gasteiger partial charge in [0.2, 0.25) is 0 Å². The van der Waals surface area contributed by atoms with E-state index in [0.717, 1.165) is 48.0 Å². The molecule has 2 atom stereocenters. The third-order valence-electron chi connectivity index (χ3n) is 7.10. The molecule has 0 aromatic carbocycles. The molecule has 2 unspecified atom stereocenters. The first-order valence-electron chi connectivity index (χ1n) is 7.29. The molecule has 0 aromatic heterocycles. The predicted molar refractivity (Wildman–Crippen MR) is 65.7 cm³/mol. The summed E-state index contributed by atoms with van der Waals surface area (Å²) in [6.45, 7) is 4.49. The van der Waals surface area contributed by atoms with E-state index in [1.807, 2.05) is 4.90 Å². The molecule has 112 valence electrons. The minimum Gasteiger partial charge on any atom is -0.379 e. The summed E-state index contributed by atoms with van der Waals surface area (Å²) in [5.74, 6) is 7.40. The fourth-order valence-corrected chi connectivity index (χ4v) is 6.88. The number of hydrogen-bond acceptors (Lipinski definition) is 5. The summed E-state index contributed by atoms with van der Waals surface area (Å²) in [7, 11) is 0. The molecule has 0 spiro atoms. The molecule has 6 aliphatic rings. The Labute approximate surface area is 116 Å². The molecule has 20 heavy (non-hydrogen) atoms. The molecule has 0 heterocycles. The predicted octanol–water partition coefficient (Wildman–Crippen LogP) is -0.0149. The summed E-state index contributed by atoms with van der Waals surface area (Å²) in [4.78, 5) is 10.2. The van der Waals surface area contributed by atoms with Crippen molar-refractivity contribution in [2.24, 2.45) is 46.8 Å². The first-order chi connectivity index (χ1) is 9.34. The van der Waals surface area contributed by atoms with Gasteiger partial charge in [-0.2, -0.15) is 0 Å². The van der Waals surface area contributed by atoms with Gasteiger partial charge >= 0.3 is 0 Å². The average Bonchev–Trinajstić information content (AvgIpc) is 2.35. The number of aliphatic hydroxyl groups is 2. The van der Waals surface area contributed by atoms with Gasteiger partial charge in [-0.25, -0.2) is 0 Å². The Morgan fingerprint density at radius 3 is 1.75 bits per heavy atom. The van der Waals surface area contributed by atoms with Crippen LogP contribution in [-0.2, 0) is 0 Å². The van der Waals surface area contributed by atoms with Crippen molar-refractivity contribution < 1.29 is 20.5 Å². The van der Waals surface area contributed by atoms with Crippen LogP contribution >= 0.6 is 0 Å². The molecule has 3 N–H and O–H groups in total. The lowest BCUT2D eigenvalue weighted by Crippen LogP contribution is -3.06. The highest BCUT2D eigenvalue weighted by Gasteiger charge is 3.03. The molecule has 7 heteroatoms. The Morgan fingerprint density at radius 2 is 1.45 bits per heavy atom. The van der Waals surface area contributed by atoms with Crippen LogP contribution in [-0.4, -0.2) is 44.4 Å². The smallest absolute Gasteiger partial charge is 0.291 e. The second kappa shape index (κ2) is 3.45. The first kappa shape index (κ1) is 12.8. The molecular formula is C13H20N2O5. The van der Waals surface area contributed by atoms with Gasteiger partial charge in [-0.3, -0.25) is 4.90 Å². The zero-order valence-electron chi connectivity index (χ0n) is 11.5. The lowest BCUT2D eigenvalue weighted by molar-refractivity contribution is -0.742. The maximum absolute atomic E-state index is 9.73. The SMILES string of the molecule is CC(O)N(CC12C3C4C5C3C1C5C42)C(C)O.O=[N+]([O-])O. The van der Waals surface area contributed by atoms with Crippen molar-refractivity contribution >= 4 is 0 Å². The zero-order valence-corrected chi connectivity index (χ0v) is 11.5. The molecule has 0 aliphatic heterocycles. The van der Waals surface area contributed by atoms with Crippen LogP contribution in [0, 0.1) is 57.0 Å². The van der Waals surface area contributed by atoms with Crippen molar-refractivity contribution in [1.82, 2.24) is 4.90 Å². The van der Waals surface area contributed by atoms with Gasteiger partial charge in [-0.15, -0.1) is 10.1 Å². The van der Waals surface area contributed by atoms with Gasteiger partial charge in [0, 0.05) is 6.54 Å². The molecule has 7 nitrogen and oxygen atoms in total. The molecule has 0 radical (unpaired) electrons. The Balaban J connectivity index is 0.000000239. The number of nitrogens with zero attached hydrogens (tertiary/aromatic N) is 2. The maximum atomic E-state index is 9.73. The zero-order chi connectivity index (χ0) is 14.6. The molecular weight excluding hydrogens is 264 g/mol. The quantitative estimate of drug-likeness (QED) is 0.380. The van der Waals surface area contributed by atoms with E-state index in [9.17, 15) is 10.2 Å². The second-order valence-electron chi connectivity index (χ2n) is 7.17. The number of hydrogen-bond donors (Lipinski definition) is 3. The van der Waals surface area contributed by atoms with Crippen molar-refractivity contribution in [3.8, 4) is 0 Å². The molecule has 0 amide bonds. The fourth-order valence-electron chi connectivity index (χ4n) is 6.88. The average molecular weight is 284 g/mol. The monoisotopic (exact) mass is 284 g/mol. The van der Waals surface area contributed by atoms with Gasteiger partial charge < -0.3 is 15.4 Å². The van der Waals surface area contributed by atoms with Crippen LogP contribution in [0.5, 0.6) is 0 Å². The Kier molecular flexibility index (Phi) is 2.21. The van der Waals surface area contributed by atoms with Gasteiger partial charge in [0.15, 0.2) is 0 Å². The number of aliphatic hydroxyl groups excluding tert-OH is 2. The van der Waals surface area contributed by atoms with Crippen LogP contribution in [0.2, 0.25) is 0 Å². The van der Waals surface area contributed by atoms with Gasteiger partial charge in [-0.1, -0.05) is 0 Å². The van der Waals surface area contributed by atoms with E-state index in [4.69, 9.17) is 15.3 Å². The van der Waals surface area contributed by atoms with Crippen LogP contribution < -0.4 is 0 Å². The number of rotatable bonds is 4. The lowest BCUT2D eigenvalue weighted by atomic mass is 8.96. The normalized spacial score (nSPS) is 56.5. The molecule has 0 saturated heterocycles. The second-order valence-corrected chi connectivity index (χ2v) is 7.17. The van der Waals surface area contributed by atoms with Crippen LogP contribution in [0.25, 0.3) is 0 Å². The van der Waals surface area contributed by atoms with E-state index >= 15 is 0 Å². The van der Waals surface area contributed by atoms with Crippen molar-refractivity contribution in [3.05, 3.63) is 10.1 Å². The largest absolute Gasteiger partial charge is 0.379 e. The summed E-state index contributed by atoms with van der Waals surface area (Å²) < 4.78 is 0. The lowest BCUT2D eigenvalue weighted by Gasteiger charge is -3.08. The summed E-state index contributed by atoms with van der Waals surface area (Å²) in [6, 6.07) is 0. The summed E-state index contributed by atoms with van der Waals surface area (Å²) >= 11 is 0. The van der Waals surface area contributed by atoms with Crippen molar-refractivity contribution in [3.63, 3.8) is 0 Å². The van der Waals surface area contributed by atoms with Crippen LogP contribution in [0.3, 0.4) is 0 Å². The van der Waals surface area contributed by atoms with Gasteiger partial charge in [0.1, 0.15) is 12.5 Å². The first-order valence-corrected chi connectivity index (χ1v) is 7.29. The highest BCUT2D eigenvalue weighted by molar-refractivity contribution is 5.50. The van der Waals surface area contributed by atoms with Gasteiger partial charge in [0.25, 0.3) is 5.09 Å². The minimum atomic E-state index is -1.50. The van der Waals surface area contributed by atoms with E-state index in [1.54, 1.807) is 13.8 Å². The Morgan fingerprint density at radius 1 is 1.10 bits per heavy atom. The summed E-state index contributed by atoms with van der Waals surface area (Å²) in [5, 5.41) is 33.1. The molecule has 6 fully saturated rings. The summed E-state index contributed by atoms with van der Waals surface area (Å²) in [5.41, 5.74) is 0.558. The minimum absolute atomic E-state index is 0.513. The Bertz CT molecular complexity index is 417. The molecule has 0 aromatic rings. The molecule has 6 saturated carbocycles. The highest BCUT2D eigenvalue weighted by Crippen LogP contribution is 3.05. The Hall–Kier alpha value is -0.920. The van der Waals surface area contributed by atoms with Crippen LogP contribution in [0.15, 0.2) is 0 Å². The highest BCUT2D eigenvalue weighted by atomic mass is 16.9. The van der Waals surface area contributed by atoms with E-state index in [0.29, 0.717) is 5.41 Å². The van der Waals surface area contributed by atoms with Gasteiger partial charge in [0.05, 0.1) is 0 Å². The van der Waals surface area contributed by atoms with E-state index in [2.05, 4.69) is 0 Å². The molecule has 6 aliphatic carbocycles. The van der Waals surface area contributed by atoms with Gasteiger partial charge in [-0.05, 0) is 60.7 Å². The topological polar surface area (TPSA) is 107 Å². The van der Waals surface area contributed by atoms with E-state index in [-0.39, 0.29) is 0 Å². The molecule has 6 rings (SSSR count). The van der Waals surface area contributed by atoms with Crippen molar-refractivity contribution in [1.29, 1.82) is 0 Å². The van der Waals surface area contributed by atoms with Crippen molar-refractivity contribution in [2.45, 2.75) is 26.3 Å². The third kappa shape index (κ3) is 1.01.